The van der Waals surface area contributed by atoms with Crippen LogP contribution in [-0.2, 0) is 0 Å². The van der Waals surface area contributed by atoms with E-state index >= 15 is 0 Å². The van der Waals surface area contributed by atoms with Gasteiger partial charge in [0.25, 0.3) is 6.71 Å². The van der Waals surface area contributed by atoms with Crippen LogP contribution >= 0.6 is 0 Å². The zero-order valence-electron chi connectivity index (χ0n) is 57.9. The van der Waals surface area contributed by atoms with E-state index in [0.717, 1.165) is 179 Å². The molecule has 2 aromatic heterocycles. The van der Waals surface area contributed by atoms with Gasteiger partial charge in [0.05, 0.1) is 62.4 Å². The van der Waals surface area contributed by atoms with Gasteiger partial charge >= 0.3 is 0 Å². The van der Waals surface area contributed by atoms with Crippen molar-refractivity contribution in [1.29, 1.82) is 10.5 Å². The Morgan fingerprint density at radius 2 is 0.692 bits per heavy atom. The van der Waals surface area contributed by atoms with Crippen LogP contribution in [0, 0.1) is 22.7 Å². The first-order chi connectivity index (χ1) is 53.0. The second kappa shape index (κ2) is 25.7. The molecule has 0 bridgehead atoms. The van der Waals surface area contributed by atoms with Gasteiger partial charge in [-0.05, 0) is 160 Å². The smallest absolute Gasteiger partial charge is 0.257 e. The van der Waals surface area contributed by atoms with E-state index in [1.807, 2.05) is 24.3 Å². The van der Waals surface area contributed by atoms with Crippen LogP contribution in [0.3, 0.4) is 0 Å². The van der Waals surface area contributed by atoms with Crippen molar-refractivity contribution in [2.45, 2.75) is 0 Å². The van der Waals surface area contributed by atoms with Crippen molar-refractivity contribution in [2.75, 3.05) is 19.6 Å². The highest BCUT2D eigenvalue weighted by Crippen LogP contribution is 2.57. The summed E-state index contributed by atoms with van der Waals surface area (Å²) in [7, 11) is 0. The van der Waals surface area contributed by atoms with Crippen LogP contribution in [-0.4, -0.2) is 11.3 Å². The minimum absolute atomic E-state index is 0.524. The number of anilines is 12. The summed E-state index contributed by atoms with van der Waals surface area (Å²) >= 11 is 0. The van der Waals surface area contributed by atoms with Gasteiger partial charge in [-0.1, -0.05) is 255 Å². The first-order valence-electron chi connectivity index (χ1n) is 36.1. The Morgan fingerprint density at radius 3 is 1.17 bits per heavy atom. The molecular formula is C98H62BN7O. The Kier molecular flexibility index (Phi) is 14.9. The Balaban J connectivity index is 1.02. The largest absolute Gasteiger partial charge is 0.456 e. The summed E-state index contributed by atoms with van der Waals surface area (Å²) in [5, 5.41) is 24.9. The van der Waals surface area contributed by atoms with Crippen LogP contribution in [0.15, 0.2) is 381 Å². The molecule has 0 aliphatic carbocycles. The lowest BCUT2D eigenvalue weighted by atomic mass is 9.33. The number of para-hydroxylation sites is 7. The minimum Gasteiger partial charge on any atom is -0.456 e. The van der Waals surface area contributed by atoms with Crippen LogP contribution in [0.5, 0.6) is 0 Å². The molecule has 0 atom stereocenters. The Bertz CT molecular complexity index is 6410. The third kappa shape index (κ3) is 10.2. The highest BCUT2D eigenvalue weighted by Gasteiger charge is 2.48. The first-order valence-corrected chi connectivity index (χ1v) is 36.1. The highest BCUT2D eigenvalue weighted by atomic mass is 16.3. The summed E-state index contributed by atoms with van der Waals surface area (Å²) in [4.78, 5) is 9.86. The van der Waals surface area contributed by atoms with E-state index in [2.05, 4.69) is 388 Å². The van der Waals surface area contributed by atoms with Crippen molar-refractivity contribution < 1.29 is 4.42 Å². The molecule has 8 nitrogen and oxygen atoms in total. The number of hydrogen-bond donors (Lipinski definition) is 0. The average molecular weight is 1360 g/mol. The van der Waals surface area contributed by atoms with Crippen molar-refractivity contribution in [3.05, 3.63) is 387 Å². The van der Waals surface area contributed by atoms with E-state index in [1.165, 1.54) is 0 Å². The van der Waals surface area contributed by atoms with Gasteiger partial charge in [0.1, 0.15) is 11.2 Å². The molecule has 0 saturated carbocycles. The van der Waals surface area contributed by atoms with Crippen molar-refractivity contribution in [3.8, 4) is 62.3 Å². The summed E-state index contributed by atoms with van der Waals surface area (Å²) in [6, 6.07) is 139. The molecule has 18 aromatic rings. The Hall–Kier alpha value is -14.6. The number of nitrogens with zero attached hydrogens (tertiary/aromatic N) is 7. The summed E-state index contributed by atoms with van der Waals surface area (Å²) in [5.41, 5.74) is 28.6. The fraction of sp³-hybridized carbons (Fsp3) is 0. The number of rotatable bonds is 13. The number of benzene rings is 16. The van der Waals surface area contributed by atoms with Gasteiger partial charge in [-0.3, -0.25) is 0 Å². The predicted molar refractivity (Wildman–Crippen MR) is 443 cm³/mol. The summed E-state index contributed by atoms with van der Waals surface area (Å²) < 4.78 is 10.4. The van der Waals surface area contributed by atoms with Gasteiger partial charge < -0.3 is 28.6 Å². The van der Waals surface area contributed by atoms with Crippen LogP contribution < -0.4 is 36.0 Å². The SMILES string of the molecule is N#Cc1ccc(N(c2ccccc2)c2ccc3c(c2)N(c2c(-c4ccccc4)cccc2-c2ccccc2)c2cc(-n4c5ccccc5c5ccccc54)cc4c2B3c2c(cc(N(c3ccccc3)c3ccc(C#N)cc3)c3c2oc2ccccc23)N4c2c(-c3ccccc3)cccc2-c2ccccc2)cc1. The highest BCUT2D eigenvalue weighted by molar-refractivity contribution is 7.01. The lowest BCUT2D eigenvalue weighted by molar-refractivity contribution is 0.671. The third-order valence-corrected chi connectivity index (χ3v) is 21.4. The molecule has 4 heterocycles. The van der Waals surface area contributed by atoms with Crippen LogP contribution in [0.1, 0.15) is 11.1 Å². The number of fused-ring (bicyclic) bond motifs is 11. The van der Waals surface area contributed by atoms with Gasteiger partial charge in [-0.15, -0.1) is 0 Å². The topological polar surface area (TPSA) is 78.6 Å². The molecule has 107 heavy (non-hydrogen) atoms. The molecule has 9 heteroatoms. The van der Waals surface area contributed by atoms with E-state index in [4.69, 9.17) is 4.42 Å². The molecule has 0 saturated heterocycles. The maximum absolute atomic E-state index is 10.4. The monoisotopic (exact) mass is 1360 g/mol. The average Bonchev–Trinajstić information content (AvgIpc) is 1.63. The lowest BCUT2D eigenvalue weighted by Crippen LogP contribution is -2.61. The summed E-state index contributed by atoms with van der Waals surface area (Å²) in [5.74, 6) is 0. The quantitative estimate of drug-likeness (QED) is 0.106. The lowest BCUT2D eigenvalue weighted by Gasteiger charge is -2.46. The van der Waals surface area contributed by atoms with E-state index in [1.54, 1.807) is 0 Å². The van der Waals surface area contributed by atoms with Crippen LogP contribution in [0.25, 0.3) is 93.9 Å². The van der Waals surface area contributed by atoms with Gasteiger partial charge in [-0.25, -0.2) is 0 Å². The third-order valence-electron chi connectivity index (χ3n) is 21.4. The fourth-order valence-corrected chi connectivity index (χ4v) is 16.8. The zero-order valence-corrected chi connectivity index (χ0v) is 57.9. The van der Waals surface area contributed by atoms with Crippen molar-refractivity contribution in [1.82, 2.24) is 4.57 Å². The van der Waals surface area contributed by atoms with Crippen molar-refractivity contribution in [3.63, 3.8) is 0 Å². The van der Waals surface area contributed by atoms with E-state index < -0.39 is 6.71 Å². The van der Waals surface area contributed by atoms with Gasteiger partial charge in [0.2, 0.25) is 0 Å². The number of aromatic nitrogens is 1. The molecule has 0 fully saturated rings. The minimum atomic E-state index is -0.524. The van der Waals surface area contributed by atoms with E-state index in [9.17, 15) is 10.5 Å². The maximum Gasteiger partial charge on any atom is 0.257 e. The maximum atomic E-state index is 10.4. The molecule has 0 radical (unpaired) electrons. The second-order valence-electron chi connectivity index (χ2n) is 27.3. The van der Waals surface area contributed by atoms with Gasteiger partial charge in [0, 0.05) is 89.6 Å². The predicted octanol–water partition coefficient (Wildman–Crippen LogP) is 24.1. The molecule has 0 amide bonds. The zero-order chi connectivity index (χ0) is 71.1. The molecule has 0 N–H and O–H groups in total. The number of hydrogen-bond acceptors (Lipinski definition) is 7. The molecular weight excluding hydrogens is 1300 g/mol. The molecule has 20 rings (SSSR count). The van der Waals surface area contributed by atoms with Crippen molar-refractivity contribution >= 4 is 135 Å². The van der Waals surface area contributed by atoms with E-state index in [0.29, 0.717) is 11.1 Å². The molecule has 0 unspecified atom stereocenters. The molecule has 16 aromatic carbocycles. The Morgan fingerprint density at radius 1 is 0.308 bits per heavy atom. The van der Waals surface area contributed by atoms with Gasteiger partial charge in [-0.2, -0.15) is 10.5 Å². The summed E-state index contributed by atoms with van der Waals surface area (Å²) in [6.45, 7) is -0.524. The number of furan rings is 1. The molecule has 498 valence electrons. The standard InChI is InChI=1S/C98H62BN7O/c100-63-65-49-53-73(54-50-65)102(71-35-15-5-16-36-71)75-57-58-84-87(59-75)105(96-77(67-27-7-1-8-28-67)42-25-43-78(96)68-29-9-2-10-30-68)89-60-76(104-85-46-22-19-39-81(85)82-40-20-23-47-86(82)104)61-90-94(89)99(84)95-91(106(90)97-79(69-31-11-3-12-32-69)44-26-45-80(97)70-33-13-4-14-34-70)62-88(93-83-41-21-24-48-92(83)107-98(93)95)103(72-37-17-6-18-38-72)74-55-51-66(64-101)52-56-74/h1-62H. The Labute approximate surface area is 619 Å². The normalized spacial score (nSPS) is 12.0. The first kappa shape index (κ1) is 62.2. The summed E-state index contributed by atoms with van der Waals surface area (Å²) in [6.07, 6.45) is 0. The van der Waals surface area contributed by atoms with Crippen LogP contribution in [0.2, 0.25) is 0 Å². The molecule has 0 spiro atoms. The molecule has 2 aliphatic heterocycles. The molecule has 2 aliphatic rings. The second-order valence-corrected chi connectivity index (χ2v) is 27.3. The van der Waals surface area contributed by atoms with E-state index in [-0.39, 0.29) is 0 Å². The van der Waals surface area contributed by atoms with Gasteiger partial charge in [0.15, 0.2) is 0 Å². The van der Waals surface area contributed by atoms with Crippen LogP contribution in [0.4, 0.5) is 68.2 Å². The van der Waals surface area contributed by atoms with Crippen molar-refractivity contribution in [2.24, 2.45) is 0 Å². The fourth-order valence-electron chi connectivity index (χ4n) is 16.8. The number of nitriles is 2.